The van der Waals surface area contributed by atoms with Crippen LogP contribution in [-0.2, 0) is 11.2 Å². The molecule has 0 aromatic carbocycles. The first kappa shape index (κ1) is 18.0. The second-order valence-corrected chi connectivity index (χ2v) is 8.48. The molecule has 1 saturated heterocycles. The lowest BCUT2D eigenvalue weighted by Gasteiger charge is -2.19. The quantitative estimate of drug-likeness (QED) is 0.423. The van der Waals surface area contributed by atoms with Gasteiger partial charge in [0.2, 0.25) is 5.91 Å². The Morgan fingerprint density at radius 2 is 2.04 bits per heavy atom. The van der Waals surface area contributed by atoms with Gasteiger partial charge in [0.1, 0.15) is 9.98 Å². The fourth-order valence-electron chi connectivity index (χ4n) is 2.89. The number of carbonyl (C=O) groups excluding carboxylic acids is 1. The molecule has 1 aliphatic rings. The highest BCUT2D eigenvalue weighted by molar-refractivity contribution is 7.99. The molecule has 2 aromatic rings. The summed E-state index contributed by atoms with van der Waals surface area (Å²) in [5.74, 6) is 0.564. The maximum Gasteiger partial charge on any atom is 0.233 e. The summed E-state index contributed by atoms with van der Waals surface area (Å²) in [5.41, 5.74) is 0. The molecule has 0 spiro atoms. The van der Waals surface area contributed by atoms with E-state index < -0.39 is 0 Å². The summed E-state index contributed by atoms with van der Waals surface area (Å²) in [6.45, 7) is 3.92. The number of thioether (sulfide) groups is 1. The largest absolute Gasteiger partial charge is 0.342 e. The molecule has 1 aliphatic heterocycles. The minimum absolute atomic E-state index is 0.180. The van der Waals surface area contributed by atoms with E-state index in [1.165, 1.54) is 29.5 Å². The van der Waals surface area contributed by atoms with Crippen molar-refractivity contribution >= 4 is 50.8 Å². The Hall–Kier alpha value is -0.850. The van der Waals surface area contributed by atoms with Gasteiger partial charge in [0, 0.05) is 23.4 Å². The summed E-state index contributed by atoms with van der Waals surface area (Å²) in [4.78, 5) is 25.5. The van der Waals surface area contributed by atoms with Crippen LogP contribution in [0.3, 0.4) is 0 Å². The summed E-state index contributed by atoms with van der Waals surface area (Å²) in [7, 11) is 0. The highest BCUT2D eigenvalue weighted by Gasteiger charge is 2.17. The predicted octanol–water partition coefficient (Wildman–Crippen LogP) is 4.79. The minimum atomic E-state index is 0.180. The lowest BCUT2D eigenvalue weighted by molar-refractivity contribution is -0.128. The van der Waals surface area contributed by atoms with Crippen molar-refractivity contribution in [1.82, 2.24) is 14.9 Å². The Morgan fingerprint density at radius 1 is 1.29 bits per heavy atom. The van der Waals surface area contributed by atoms with Crippen molar-refractivity contribution < 1.29 is 4.79 Å². The van der Waals surface area contributed by atoms with Gasteiger partial charge in [-0.15, -0.1) is 11.3 Å². The molecular formula is C17H22ClN3OS2. The Labute approximate surface area is 156 Å². The average Bonchev–Trinajstić information content (AvgIpc) is 2.80. The van der Waals surface area contributed by atoms with Crippen molar-refractivity contribution in [3.05, 3.63) is 16.1 Å². The highest BCUT2D eigenvalue weighted by atomic mass is 35.5. The maximum absolute atomic E-state index is 12.4. The number of aromatic nitrogens is 2. The number of hydrogen-bond donors (Lipinski definition) is 0. The third-order valence-corrected chi connectivity index (χ3v) is 6.37. The Balaban J connectivity index is 1.67. The molecule has 4 nitrogen and oxygen atoms in total. The topological polar surface area (TPSA) is 46.1 Å². The van der Waals surface area contributed by atoms with Crippen molar-refractivity contribution in [1.29, 1.82) is 0 Å². The lowest BCUT2D eigenvalue weighted by atomic mass is 10.2. The van der Waals surface area contributed by atoms with Crippen LogP contribution < -0.4 is 0 Å². The smallest absolute Gasteiger partial charge is 0.233 e. The van der Waals surface area contributed by atoms with Gasteiger partial charge in [0.15, 0.2) is 5.16 Å². The normalized spacial score (nSPS) is 15.7. The Bertz CT molecular complexity index is 711. The molecule has 0 unspecified atom stereocenters. The monoisotopic (exact) mass is 383 g/mol. The van der Waals surface area contributed by atoms with Crippen molar-refractivity contribution in [2.24, 2.45) is 0 Å². The molecule has 0 atom stereocenters. The number of thiophene rings is 1. The first-order valence-electron chi connectivity index (χ1n) is 8.54. The van der Waals surface area contributed by atoms with Crippen LogP contribution in [0.5, 0.6) is 0 Å². The molecule has 1 amide bonds. The summed E-state index contributed by atoms with van der Waals surface area (Å²) in [6, 6.07) is 2.09. The molecule has 0 aliphatic carbocycles. The fraction of sp³-hybridized carbons (Fsp3) is 0.588. The van der Waals surface area contributed by atoms with E-state index in [0.717, 1.165) is 49.0 Å². The summed E-state index contributed by atoms with van der Waals surface area (Å²) >= 11 is 9.37. The van der Waals surface area contributed by atoms with Crippen molar-refractivity contribution in [3.63, 3.8) is 0 Å². The van der Waals surface area contributed by atoms with E-state index >= 15 is 0 Å². The number of rotatable bonds is 5. The molecule has 0 N–H and O–H groups in total. The van der Waals surface area contributed by atoms with Crippen LogP contribution in [0.2, 0.25) is 5.15 Å². The van der Waals surface area contributed by atoms with Crippen LogP contribution in [-0.4, -0.2) is 39.6 Å². The zero-order valence-electron chi connectivity index (χ0n) is 13.9. The minimum Gasteiger partial charge on any atom is -0.342 e. The van der Waals surface area contributed by atoms with Crippen LogP contribution in [0.1, 0.15) is 43.9 Å². The number of hydrogen-bond acceptors (Lipinski definition) is 5. The highest BCUT2D eigenvalue weighted by Crippen LogP contribution is 2.31. The SMILES string of the molecule is CCCc1cc2c(Cl)nc(SCC(=O)N3CCCCCC3)nc2s1. The van der Waals surface area contributed by atoms with Crippen molar-refractivity contribution in [2.75, 3.05) is 18.8 Å². The summed E-state index contributed by atoms with van der Waals surface area (Å²) < 4.78 is 0. The lowest BCUT2D eigenvalue weighted by Crippen LogP contribution is -2.33. The van der Waals surface area contributed by atoms with Gasteiger partial charge in [0.25, 0.3) is 0 Å². The zero-order chi connectivity index (χ0) is 16.9. The van der Waals surface area contributed by atoms with Crippen LogP contribution in [0, 0.1) is 0 Å². The van der Waals surface area contributed by atoms with Gasteiger partial charge in [-0.3, -0.25) is 4.79 Å². The van der Waals surface area contributed by atoms with E-state index in [1.807, 2.05) is 4.90 Å². The van der Waals surface area contributed by atoms with E-state index in [-0.39, 0.29) is 5.91 Å². The molecule has 0 radical (unpaired) electrons. The molecule has 2 aromatic heterocycles. The standard InChI is InChI=1S/C17H22ClN3OS2/c1-2-7-12-10-13-15(18)19-17(20-16(13)24-12)23-11-14(22)21-8-5-3-4-6-9-21/h10H,2-9,11H2,1H3. The van der Waals surface area contributed by atoms with E-state index in [9.17, 15) is 4.79 Å². The van der Waals surface area contributed by atoms with Gasteiger partial charge < -0.3 is 4.90 Å². The van der Waals surface area contributed by atoms with Crippen LogP contribution in [0.25, 0.3) is 10.2 Å². The maximum atomic E-state index is 12.4. The number of fused-ring (bicyclic) bond motifs is 1. The molecule has 0 bridgehead atoms. The van der Waals surface area contributed by atoms with E-state index in [2.05, 4.69) is 23.0 Å². The number of nitrogens with zero attached hydrogens (tertiary/aromatic N) is 3. The van der Waals surface area contributed by atoms with Gasteiger partial charge in [-0.05, 0) is 25.3 Å². The van der Waals surface area contributed by atoms with Gasteiger partial charge in [0.05, 0.1) is 5.75 Å². The Morgan fingerprint density at radius 3 is 2.75 bits per heavy atom. The van der Waals surface area contributed by atoms with Crippen LogP contribution >= 0.6 is 34.7 Å². The predicted molar refractivity (Wildman–Crippen MR) is 102 cm³/mol. The first-order valence-corrected chi connectivity index (χ1v) is 10.7. The first-order chi connectivity index (χ1) is 11.7. The second kappa shape index (κ2) is 8.50. The van der Waals surface area contributed by atoms with E-state index in [1.54, 1.807) is 11.3 Å². The average molecular weight is 384 g/mol. The molecule has 24 heavy (non-hydrogen) atoms. The van der Waals surface area contributed by atoms with Gasteiger partial charge >= 0.3 is 0 Å². The van der Waals surface area contributed by atoms with E-state index in [4.69, 9.17) is 11.6 Å². The van der Waals surface area contributed by atoms with Crippen molar-refractivity contribution in [2.45, 2.75) is 50.6 Å². The third kappa shape index (κ3) is 4.41. The molecule has 0 saturated carbocycles. The fourth-order valence-corrected chi connectivity index (χ4v) is 5.15. The van der Waals surface area contributed by atoms with Crippen molar-refractivity contribution in [3.8, 4) is 0 Å². The molecule has 3 heterocycles. The number of aryl methyl sites for hydroxylation is 1. The number of carbonyl (C=O) groups is 1. The van der Waals surface area contributed by atoms with Gasteiger partial charge in [-0.25, -0.2) is 9.97 Å². The molecule has 7 heteroatoms. The number of halogens is 1. The third-order valence-electron chi connectivity index (χ3n) is 4.16. The molecular weight excluding hydrogens is 362 g/mol. The van der Waals surface area contributed by atoms with Gasteiger partial charge in [-0.2, -0.15) is 0 Å². The Kier molecular flexibility index (Phi) is 6.36. The summed E-state index contributed by atoms with van der Waals surface area (Å²) in [5, 5.41) is 2.01. The number of likely N-dealkylation sites (tertiary alicyclic amines) is 1. The molecule has 1 fully saturated rings. The molecule has 3 rings (SSSR count). The number of amides is 1. The molecule has 130 valence electrons. The van der Waals surface area contributed by atoms with Crippen LogP contribution in [0.15, 0.2) is 11.2 Å². The van der Waals surface area contributed by atoms with Gasteiger partial charge in [-0.1, -0.05) is 49.5 Å². The van der Waals surface area contributed by atoms with E-state index in [0.29, 0.717) is 16.1 Å². The zero-order valence-corrected chi connectivity index (χ0v) is 16.3. The second-order valence-electron chi connectivity index (χ2n) is 6.06. The van der Waals surface area contributed by atoms with Crippen LogP contribution in [0.4, 0.5) is 0 Å². The summed E-state index contributed by atoms with van der Waals surface area (Å²) in [6.07, 6.45) is 6.81.